The number of hydrogen-bond donors (Lipinski definition) is 1. The van der Waals surface area contributed by atoms with Crippen LogP contribution in [0.25, 0.3) is 0 Å². The van der Waals surface area contributed by atoms with Gasteiger partial charge >= 0.3 is 0 Å². The molecule has 9 heavy (non-hydrogen) atoms. The average Bonchev–Trinajstić information content (AvgIpc) is 1.82. The van der Waals surface area contributed by atoms with Gasteiger partial charge in [0.15, 0.2) is 5.78 Å². The van der Waals surface area contributed by atoms with Gasteiger partial charge in [0.05, 0.1) is 5.70 Å². The summed E-state index contributed by atoms with van der Waals surface area (Å²) in [5.74, 6) is 0.0171. The van der Waals surface area contributed by atoms with Crippen LogP contribution in [0.5, 0.6) is 0 Å². The highest BCUT2D eigenvalue weighted by molar-refractivity contribution is 5.91. The van der Waals surface area contributed by atoms with Crippen molar-refractivity contribution in [2.45, 2.75) is 20.3 Å². The first kappa shape index (κ1) is 8.21. The number of allylic oxidation sites excluding steroid dienone is 1. The van der Waals surface area contributed by atoms with E-state index >= 15 is 0 Å². The highest BCUT2D eigenvalue weighted by atomic mass is 16.1. The maximum Gasteiger partial charge on any atom is 0.174 e. The van der Waals surface area contributed by atoms with E-state index in [4.69, 9.17) is 0 Å². The van der Waals surface area contributed by atoms with Crippen molar-refractivity contribution in [2.24, 2.45) is 0 Å². The minimum atomic E-state index is 0.0171. The van der Waals surface area contributed by atoms with E-state index in [1.165, 1.54) is 6.92 Å². The zero-order valence-corrected chi connectivity index (χ0v) is 6.03. The van der Waals surface area contributed by atoms with Crippen LogP contribution in [0.4, 0.5) is 0 Å². The van der Waals surface area contributed by atoms with Crippen molar-refractivity contribution in [2.75, 3.05) is 6.54 Å². The van der Waals surface area contributed by atoms with Crippen LogP contribution in [-0.2, 0) is 4.79 Å². The van der Waals surface area contributed by atoms with E-state index in [0.29, 0.717) is 5.70 Å². The van der Waals surface area contributed by atoms with Crippen LogP contribution in [0, 0.1) is 0 Å². The van der Waals surface area contributed by atoms with Crippen LogP contribution in [-0.4, -0.2) is 12.3 Å². The topological polar surface area (TPSA) is 29.1 Å². The smallest absolute Gasteiger partial charge is 0.174 e. The molecular formula is C7H13NO. The van der Waals surface area contributed by atoms with Gasteiger partial charge in [-0.2, -0.15) is 0 Å². The van der Waals surface area contributed by atoms with E-state index in [-0.39, 0.29) is 5.78 Å². The summed E-state index contributed by atoms with van der Waals surface area (Å²) in [7, 11) is 0. The molecule has 0 atom stereocenters. The zero-order chi connectivity index (χ0) is 7.28. The molecule has 1 N–H and O–H groups in total. The molecule has 0 rings (SSSR count). The van der Waals surface area contributed by atoms with Crippen LogP contribution in [0.1, 0.15) is 20.3 Å². The molecule has 0 aliphatic heterocycles. The number of carbonyl (C=O) groups is 1. The fraction of sp³-hybridized carbons (Fsp3) is 0.571. The van der Waals surface area contributed by atoms with Crippen LogP contribution < -0.4 is 5.32 Å². The van der Waals surface area contributed by atoms with Crippen LogP contribution in [0.2, 0.25) is 0 Å². The first-order chi connectivity index (χ1) is 4.18. The van der Waals surface area contributed by atoms with E-state index in [9.17, 15) is 4.79 Å². The summed E-state index contributed by atoms with van der Waals surface area (Å²) in [4.78, 5) is 10.5. The van der Waals surface area contributed by atoms with Crippen molar-refractivity contribution < 1.29 is 4.79 Å². The molecule has 2 heteroatoms. The van der Waals surface area contributed by atoms with Crippen molar-refractivity contribution in [3.63, 3.8) is 0 Å². The van der Waals surface area contributed by atoms with Gasteiger partial charge in [-0.3, -0.25) is 4.79 Å². The van der Waals surface area contributed by atoms with Gasteiger partial charge in [0, 0.05) is 13.5 Å². The quantitative estimate of drug-likeness (QED) is 0.573. The normalized spacial score (nSPS) is 8.67. The van der Waals surface area contributed by atoms with Crippen molar-refractivity contribution in [3.8, 4) is 0 Å². The lowest BCUT2D eigenvalue weighted by Gasteiger charge is -2.02. The number of ketones is 1. The zero-order valence-electron chi connectivity index (χ0n) is 6.03. The molecule has 0 radical (unpaired) electrons. The molecule has 0 spiro atoms. The molecule has 2 nitrogen and oxygen atoms in total. The molecule has 0 bridgehead atoms. The molecule has 52 valence electrons. The van der Waals surface area contributed by atoms with Gasteiger partial charge in [-0.25, -0.2) is 0 Å². The Bertz CT molecular complexity index is 118. The van der Waals surface area contributed by atoms with Crippen LogP contribution in [0.15, 0.2) is 12.3 Å². The highest BCUT2D eigenvalue weighted by Crippen LogP contribution is 1.84. The number of Topliss-reactive ketones (excluding diaryl/α,β-unsaturated/α-hetero) is 1. The van der Waals surface area contributed by atoms with Crippen LogP contribution >= 0.6 is 0 Å². The average molecular weight is 127 g/mol. The fourth-order valence-electron chi connectivity index (χ4n) is 0.400. The second-order valence-electron chi connectivity index (χ2n) is 1.96. The summed E-state index contributed by atoms with van der Waals surface area (Å²) < 4.78 is 0. The Morgan fingerprint density at radius 1 is 1.67 bits per heavy atom. The van der Waals surface area contributed by atoms with E-state index in [0.717, 1.165) is 13.0 Å². The van der Waals surface area contributed by atoms with Crippen LogP contribution in [0.3, 0.4) is 0 Å². The molecule has 0 aliphatic carbocycles. The van der Waals surface area contributed by atoms with Gasteiger partial charge in [-0.05, 0) is 6.42 Å². The monoisotopic (exact) mass is 127 g/mol. The van der Waals surface area contributed by atoms with Crippen molar-refractivity contribution >= 4 is 5.78 Å². The summed E-state index contributed by atoms with van der Waals surface area (Å²) in [5.41, 5.74) is 0.511. The van der Waals surface area contributed by atoms with E-state index in [2.05, 4.69) is 11.9 Å². The predicted octanol–water partition coefficient (Wildman–Crippen LogP) is 1.09. The fourth-order valence-corrected chi connectivity index (χ4v) is 0.400. The SMILES string of the molecule is C=C(NCCC)C(C)=O. The molecule has 0 aliphatic rings. The maximum atomic E-state index is 10.5. The van der Waals surface area contributed by atoms with Crippen molar-refractivity contribution in [1.29, 1.82) is 0 Å². The van der Waals surface area contributed by atoms with Gasteiger partial charge in [0.1, 0.15) is 0 Å². The first-order valence-corrected chi connectivity index (χ1v) is 3.12. The molecule has 0 aromatic carbocycles. The maximum absolute atomic E-state index is 10.5. The minimum Gasteiger partial charge on any atom is -0.383 e. The minimum absolute atomic E-state index is 0.0171. The molecule has 0 saturated heterocycles. The highest BCUT2D eigenvalue weighted by Gasteiger charge is 1.95. The number of hydrogen-bond acceptors (Lipinski definition) is 2. The molecule has 0 amide bonds. The molecule has 0 unspecified atom stereocenters. The van der Waals surface area contributed by atoms with Gasteiger partial charge in [0.2, 0.25) is 0 Å². The lowest BCUT2D eigenvalue weighted by atomic mass is 10.3. The van der Waals surface area contributed by atoms with Gasteiger partial charge in [0.25, 0.3) is 0 Å². The molecule has 0 saturated carbocycles. The number of rotatable bonds is 4. The van der Waals surface area contributed by atoms with Gasteiger partial charge in [-0.15, -0.1) is 0 Å². The lowest BCUT2D eigenvalue weighted by molar-refractivity contribution is -0.113. The predicted molar refractivity (Wildman–Crippen MR) is 38.1 cm³/mol. The summed E-state index contributed by atoms with van der Waals surface area (Å²) in [6, 6.07) is 0. The molecule has 0 fully saturated rings. The standard InChI is InChI=1S/C7H13NO/c1-4-5-8-6(2)7(3)9/h8H,2,4-5H2,1,3H3. The Morgan fingerprint density at radius 2 is 2.22 bits per heavy atom. The Balaban J connectivity index is 3.39. The second-order valence-corrected chi connectivity index (χ2v) is 1.96. The third kappa shape index (κ3) is 3.76. The first-order valence-electron chi connectivity index (χ1n) is 3.12. The summed E-state index contributed by atoms with van der Waals surface area (Å²) >= 11 is 0. The third-order valence-corrected chi connectivity index (χ3v) is 1.01. The van der Waals surface area contributed by atoms with E-state index in [1.54, 1.807) is 0 Å². The summed E-state index contributed by atoms with van der Waals surface area (Å²) in [6.45, 7) is 7.91. The van der Waals surface area contributed by atoms with Crippen molar-refractivity contribution in [3.05, 3.63) is 12.3 Å². The van der Waals surface area contributed by atoms with Gasteiger partial charge < -0.3 is 5.32 Å². The Morgan fingerprint density at radius 3 is 2.56 bits per heavy atom. The summed E-state index contributed by atoms with van der Waals surface area (Å²) in [5, 5.41) is 2.89. The molecular weight excluding hydrogens is 114 g/mol. The van der Waals surface area contributed by atoms with E-state index < -0.39 is 0 Å². The Labute approximate surface area is 56.0 Å². The molecule has 0 aromatic rings. The number of carbonyl (C=O) groups excluding carboxylic acids is 1. The second kappa shape index (κ2) is 4.13. The molecule has 0 heterocycles. The molecule has 0 aromatic heterocycles. The van der Waals surface area contributed by atoms with E-state index in [1.807, 2.05) is 6.92 Å². The van der Waals surface area contributed by atoms with Gasteiger partial charge in [-0.1, -0.05) is 13.5 Å². The summed E-state index contributed by atoms with van der Waals surface area (Å²) in [6.07, 6.45) is 1.02. The largest absolute Gasteiger partial charge is 0.383 e. The Hall–Kier alpha value is -0.790. The third-order valence-electron chi connectivity index (χ3n) is 1.01. The number of nitrogens with one attached hydrogen (secondary N) is 1. The van der Waals surface area contributed by atoms with Crippen molar-refractivity contribution in [1.82, 2.24) is 5.32 Å². The Kier molecular flexibility index (Phi) is 3.76. The lowest BCUT2D eigenvalue weighted by Crippen LogP contribution is -2.17.